The highest BCUT2D eigenvalue weighted by atomic mass is 16.2. The predicted octanol–water partition coefficient (Wildman–Crippen LogP) is 3.18. The summed E-state index contributed by atoms with van der Waals surface area (Å²) in [7, 11) is 0. The zero-order valence-electron chi connectivity index (χ0n) is 14.5. The second-order valence-corrected chi connectivity index (χ2v) is 6.17. The van der Waals surface area contributed by atoms with Crippen LogP contribution in [0.3, 0.4) is 0 Å². The predicted molar refractivity (Wildman–Crippen MR) is 98.4 cm³/mol. The number of aliphatic hydroxyl groups is 1. The van der Waals surface area contributed by atoms with Crippen molar-refractivity contribution in [3.63, 3.8) is 0 Å². The third-order valence-corrected chi connectivity index (χ3v) is 4.33. The van der Waals surface area contributed by atoms with Gasteiger partial charge in [-0.3, -0.25) is 0 Å². The second-order valence-electron chi connectivity index (χ2n) is 6.17. The van der Waals surface area contributed by atoms with Crippen molar-refractivity contribution in [3.05, 3.63) is 77.9 Å². The smallest absolute Gasteiger partial charge is 0.138 e. The van der Waals surface area contributed by atoms with E-state index < -0.39 is 0 Å². The number of benzene rings is 2. The fraction of sp³-hybridized carbons (Fsp3) is 0.300. The van der Waals surface area contributed by atoms with E-state index in [-0.39, 0.29) is 12.6 Å². The fourth-order valence-corrected chi connectivity index (χ4v) is 3.03. The highest BCUT2D eigenvalue weighted by Gasteiger charge is 2.11. The molecule has 0 spiro atoms. The summed E-state index contributed by atoms with van der Waals surface area (Å²) in [6, 6.07) is 17.0. The monoisotopic (exact) mass is 336 g/mol. The van der Waals surface area contributed by atoms with Crippen molar-refractivity contribution in [2.24, 2.45) is 0 Å². The lowest BCUT2D eigenvalue weighted by Gasteiger charge is -2.19. The van der Waals surface area contributed by atoms with Gasteiger partial charge in [0.1, 0.15) is 12.7 Å². The quantitative estimate of drug-likeness (QED) is 0.663. The molecule has 0 radical (unpaired) electrons. The van der Waals surface area contributed by atoms with Gasteiger partial charge in [-0.2, -0.15) is 5.10 Å². The van der Waals surface area contributed by atoms with Crippen LogP contribution < -0.4 is 5.32 Å². The maximum absolute atomic E-state index is 9.16. The molecule has 2 aromatic carbocycles. The molecule has 0 aliphatic heterocycles. The summed E-state index contributed by atoms with van der Waals surface area (Å²) in [5.41, 5.74) is 4.69. The molecule has 0 aliphatic rings. The third kappa shape index (κ3) is 4.53. The van der Waals surface area contributed by atoms with Gasteiger partial charge in [-0.15, -0.1) is 0 Å². The maximum Gasteiger partial charge on any atom is 0.138 e. The summed E-state index contributed by atoms with van der Waals surface area (Å²) in [4.78, 5) is 4.00. The summed E-state index contributed by atoms with van der Waals surface area (Å²) in [5.74, 6) is 0. The molecule has 0 bridgehead atoms. The van der Waals surface area contributed by atoms with Gasteiger partial charge in [0.05, 0.1) is 5.69 Å². The Hall–Kier alpha value is -2.50. The zero-order valence-corrected chi connectivity index (χ0v) is 14.5. The molecule has 0 aliphatic carbocycles. The number of hydrogen-bond acceptors (Lipinski definition) is 4. The standard InChI is InChI=1S/C20H24N4O/c1-16-12-17(9-10-20(16)24-15-21-14-23-24)13-22-19(8-5-11-25)18-6-3-2-4-7-18/h2-4,6-7,9-10,12,14-15,19,22,25H,5,8,11,13H2,1H3. The lowest BCUT2D eigenvalue weighted by Crippen LogP contribution is -2.21. The van der Waals surface area contributed by atoms with Gasteiger partial charge in [-0.05, 0) is 42.5 Å². The molecule has 0 amide bonds. The first-order valence-corrected chi connectivity index (χ1v) is 8.61. The maximum atomic E-state index is 9.16. The zero-order chi connectivity index (χ0) is 17.5. The topological polar surface area (TPSA) is 63.0 Å². The van der Waals surface area contributed by atoms with Crippen molar-refractivity contribution in [2.45, 2.75) is 32.4 Å². The van der Waals surface area contributed by atoms with Crippen LogP contribution >= 0.6 is 0 Å². The Balaban J connectivity index is 1.69. The molecule has 0 saturated heterocycles. The Morgan fingerprint density at radius 3 is 2.68 bits per heavy atom. The van der Waals surface area contributed by atoms with E-state index in [4.69, 9.17) is 5.11 Å². The number of aliphatic hydroxyl groups excluding tert-OH is 1. The van der Waals surface area contributed by atoms with E-state index >= 15 is 0 Å². The molecule has 1 unspecified atom stereocenters. The Kier molecular flexibility index (Phi) is 5.93. The molecule has 1 heterocycles. The normalized spacial score (nSPS) is 12.2. The molecule has 0 fully saturated rings. The van der Waals surface area contributed by atoms with Crippen molar-refractivity contribution < 1.29 is 5.11 Å². The van der Waals surface area contributed by atoms with Crippen molar-refractivity contribution in [2.75, 3.05) is 6.61 Å². The first-order chi connectivity index (χ1) is 12.3. The molecule has 5 nitrogen and oxygen atoms in total. The van der Waals surface area contributed by atoms with Crippen molar-refractivity contribution in [3.8, 4) is 5.69 Å². The van der Waals surface area contributed by atoms with Crippen LogP contribution in [0.25, 0.3) is 5.69 Å². The highest BCUT2D eigenvalue weighted by Crippen LogP contribution is 2.20. The van der Waals surface area contributed by atoms with Crippen LogP contribution in [-0.4, -0.2) is 26.5 Å². The van der Waals surface area contributed by atoms with E-state index in [9.17, 15) is 0 Å². The van der Waals surface area contributed by atoms with Gasteiger partial charge in [0.2, 0.25) is 0 Å². The molecule has 130 valence electrons. The number of hydrogen-bond donors (Lipinski definition) is 2. The molecule has 3 rings (SSSR count). The van der Waals surface area contributed by atoms with E-state index in [1.165, 1.54) is 11.1 Å². The Morgan fingerprint density at radius 2 is 2.00 bits per heavy atom. The first kappa shape index (κ1) is 17.3. The molecule has 1 aromatic heterocycles. The molecule has 5 heteroatoms. The molecule has 2 N–H and O–H groups in total. The summed E-state index contributed by atoms with van der Waals surface area (Å²) in [5, 5.41) is 17.0. The van der Waals surface area contributed by atoms with E-state index in [2.05, 4.69) is 64.8 Å². The largest absolute Gasteiger partial charge is 0.396 e. The van der Waals surface area contributed by atoms with E-state index in [0.717, 1.165) is 30.6 Å². The van der Waals surface area contributed by atoms with Crippen LogP contribution in [0.1, 0.15) is 35.6 Å². The molecule has 25 heavy (non-hydrogen) atoms. The van der Waals surface area contributed by atoms with E-state index in [0.29, 0.717) is 0 Å². The lowest BCUT2D eigenvalue weighted by molar-refractivity contribution is 0.275. The Morgan fingerprint density at radius 1 is 1.16 bits per heavy atom. The minimum Gasteiger partial charge on any atom is -0.396 e. The molecule has 3 aromatic rings. The molecule has 0 saturated carbocycles. The SMILES string of the molecule is Cc1cc(CNC(CCCO)c2ccccc2)ccc1-n1cncn1. The average Bonchev–Trinajstić information content (AvgIpc) is 3.17. The third-order valence-electron chi connectivity index (χ3n) is 4.33. The van der Waals surface area contributed by atoms with Gasteiger partial charge in [0.15, 0.2) is 0 Å². The average molecular weight is 336 g/mol. The van der Waals surface area contributed by atoms with Crippen LogP contribution in [0.2, 0.25) is 0 Å². The number of nitrogens with one attached hydrogen (secondary N) is 1. The fourth-order valence-electron chi connectivity index (χ4n) is 3.03. The van der Waals surface area contributed by atoms with Crippen LogP contribution in [0, 0.1) is 6.92 Å². The van der Waals surface area contributed by atoms with Crippen LogP contribution in [0.5, 0.6) is 0 Å². The van der Waals surface area contributed by atoms with Crippen molar-refractivity contribution in [1.82, 2.24) is 20.1 Å². The number of rotatable bonds is 8. The number of aromatic nitrogens is 3. The summed E-state index contributed by atoms with van der Waals surface area (Å²) in [6.07, 6.45) is 4.95. The lowest BCUT2D eigenvalue weighted by atomic mass is 10.0. The van der Waals surface area contributed by atoms with Gasteiger partial charge < -0.3 is 10.4 Å². The number of nitrogens with zero attached hydrogens (tertiary/aromatic N) is 3. The first-order valence-electron chi connectivity index (χ1n) is 8.61. The van der Waals surface area contributed by atoms with Gasteiger partial charge in [0.25, 0.3) is 0 Å². The minimum absolute atomic E-state index is 0.219. The summed E-state index contributed by atoms with van der Waals surface area (Å²) < 4.78 is 1.78. The van der Waals surface area contributed by atoms with Gasteiger partial charge in [0, 0.05) is 19.2 Å². The summed E-state index contributed by atoms with van der Waals surface area (Å²) >= 11 is 0. The van der Waals surface area contributed by atoms with Crippen molar-refractivity contribution in [1.29, 1.82) is 0 Å². The highest BCUT2D eigenvalue weighted by molar-refractivity contribution is 5.41. The molecular formula is C20H24N4O. The minimum atomic E-state index is 0.219. The van der Waals surface area contributed by atoms with E-state index in [1.54, 1.807) is 17.3 Å². The molecular weight excluding hydrogens is 312 g/mol. The van der Waals surface area contributed by atoms with Crippen LogP contribution in [0.15, 0.2) is 61.2 Å². The van der Waals surface area contributed by atoms with Gasteiger partial charge >= 0.3 is 0 Å². The van der Waals surface area contributed by atoms with E-state index in [1.807, 2.05) is 6.07 Å². The summed E-state index contributed by atoms with van der Waals surface area (Å²) in [6.45, 7) is 3.08. The van der Waals surface area contributed by atoms with Crippen molar-refractivity contribution >= 4 is 0 Å². The second kappa shape index (κ2) is 8.55. The van der Waals surface area contributed by atoms with Gasteiger partial charge in [-0.1, -0.05) is 42.5 Å². The van der Waals surface area contributed by atoms with Crippen LogP contribution in [-0.2, 0) is 6.54 Å². The Labute approximate surface area is 148 Å². The molecule has 1 atom stereocenters. The van der Waals surface area contributed by atoms with Gasteiger partial charge in [-0.25, -0.2) is 9.67 Å². The van der Waals surface area contributed by atoms with Crippen LogP contribution in [0.4, 0.5) is 0 Å². The Bertz CT molecular complexity index is 772. The number of aryl methyl sites for hydroxylation is 1.